The fourth-order valence-corrected chi connectivity index (χ4v) is 2.71. The van der Waals surface area contributed by atoms with E-state index in [9.17, 15) is 23.3 Å². The van der Waals surface area contributed by atoms with Gasteiger partial charge in [0.15, 0.2) is 0 Å². The van der Waals surface area contributed by atoms with E-state index in [1.165, 1.54) is 18.2 Å². The van der Waals surface area contributed by atoms with Gasteiger partial charge in [0, 0.05) is 6.08 Å². The number of benzene rings is 3. The van der Waals surface area contributed by atoms with Crippen molar-refractivity contribution in [2.45, 2.75) is 6.18 Å². The van der Waals surface area contributed by atoms with Crippen molar-refractivity contribution in [3.8, 4) is 11.1 Å². The molecule has 0 aliphatic heterocycles. The maximum Gasteiger partial charge on any atom is 0.416 e. The third-order valence-corrected chi connectivity index (χ3v) is 3.85. The maximum atomic E-state index is 12.7. The van der Waals surface area contributed by atoms with Crippen molar-refractivity contribution >= 4 is 16.8 Å². The van der Waals surface area contributed by atoms with Crippen LogP contribution >= 0.6 is 0 Å². The quantitative estimate of drug-likeness (QED) is 0.447. The van der Waals surface area contributed by atoms with E-state index in [1.54, 1.807) is 18.2 Å². The molecule has 3 nitrogen and oxygen atoms in total. The summed E-state index contributed by atoms with van der Waals surface area (Å²) in [5.41, 5.74) is 1.38. The van der Waals surface area contributed by atoms with Crippen LogP contribution in [0.1, 0.15) is 11.1 Å². The Morgan fingerprint density at radius 1 is 0.880 bits per heavy atom. The fraction of sp³-hybridized carbons (Fsp3) is 0.0526. The second-order valence-corrected chi connectivity index (χ2v) is 5.42. The van der Waals surface area contributed by atoms with Crippen LogP contribution < -0.4 is 0 Å². The zero-order chi connectivity index (χ0) is 18.0. The molecule has 0 bridgehead atoms. The van der Waals surface area contributed by atoms with Crippen LogP contribution in [-0.4, -0.2) is 4.92 Å². The number of hydrogen-bond donors (Lipinski definition) is 0. The molecule has 126 valence electrons. The van der Waals surface area contributed by atoms with Gasteiger partial charge in [-0.2, -0.15) is 13.2 Å². The standard InChI is InChI=1S/C19H12F3NO2/c20-19(21,22)15-9-7-14(8-10-15)17-5-2-4-16-13(11-12-23(24)25)3-1-6-18(16)17/h1-12H. The van der Waals surface area contributed by atoms with E-state index in [2.05, 4.69) is 0 Å². The van der Waals surface area contributed by atoms with Gasteiger partial charge < -0.3 is 0 Å². The monoisotopic (exact) mass is 343 g/mol. The number of nitrogens with zero attached hydrogens (tertiary/aromatic N) is 1. The molecule has 0 aliphatic rings. The van der Waals surface area contributed by atoms with Gasteiger partial charge in [-0.05, 0) is 39.6 Å². The Labute approximate surface area is 141 Å². The van der Waals surface area contributed by atoms with Gasteiger partial charge in [0.25, 0.3) is 0 Å². The van der Waals surface area contributed by atoms with E-state index in [0.29, 0.717) is 11.1 Å². The van der Waals surface area contributed by atoms with E-state index in [0.717, 1.165) is 34.7 Å². The molecular weight excluding hydrogens is 331 g/mol. The summed E-state index contributed by atoms with van der Waals surface area (Å²) in [6.45, 7) is 0. The van der Waals surface area contributed by atoms with Gasteiger partial charge in [-0.1, -0.05) is 48.5 Å². The summed E-state index contributed by atoms with van der Waals surface area (Å²) in [7, 11) is 0. The lowest BCUT2D eigenvalue weighted by Crippen LogP contribution is -2.04. The zero-order valence-corrected chi connectivity index (χ0v) is 12.8. The summed E-state index contributed by atoms with van der Waals surface area (Å²) in [6, 6.07) is 15.7. The Hall–Kier alpha value is -3.15. The second-order valence-electron chi connectivity index (χ2n) is 5.42. The molecule has 0 heterocycles. The Morgan fingerprint density at radius 3 is 2.16 bits per heavy atom. The van der Waals surface area contributed by atoms with Gasteiger partial charge in [0.05, 0.1) is 10.5 Å². The van der Waals surface area contributed by atoms with Crippen LogP contribution in [0.3, 0.4) is 0 Å². The molecule has 0 amide bonds. The van der Waals surface area contributed by atoms with Crippen LogP contribution in [0, 0.1) is 10.1 Å². The van der Waals surface area contributed by atoms with Crippen LogP contribution in [0.4, 0.5) is 13.2 Å². The van der Waals surface area contributed by atoms with E-state index in [-0.39, 0.29) is 0 Å². The highest BCUT2D eigenvalue weighted by molar-refractivity contribution is 6.00. The average molecular weight is 343 g/mol. The summed E-state index contributed by atoms with van der Waals surface area (Å²) < 4.78 is 38.1. The van der Waals surface area contributed by atoms with Crippen molar-refractivity contribution in [3.05, 3.63) is 88.1 Å². The van der Waals surface area contributed by atoms with Crippen molar-refractivity contribution in [3.63, 3.8) is 0 Å². The molecule has 0 aromatic heterocycles. The molecule has 0 aliphatic carbocycles. The predicted octanol–water partition coefficient (Wildman–Crippen LogP) is 5.77. The highest BCUT2D eigenvalue weighted by Crippen LogP contribution is 2.34. The molecule has 0 radical (unpaired) electrons. The average Bonchev–Trinajstić information content (AvgIpc) is 2.58. The fourth-order valence-electron chi connectivity index (χ4n) is 2.71. The van der Waals surface area contributed by atoms with Crippen LogP contribution in [0.2, 0.25) is 0 Å². The Bertz CT molecular complexity index is 961. The largest absolute Gasteiger partial charge is 0.416 e. The lowest BCUT2D eigenvalue weighted by Gasteiger charge is -2.11. The van der Waals surface area contributed by atoms with Gasteiger partial charge >= 0.3 is 6.18 Å². The van der Waals surface area contributed by atoms with Crippen LogP contribution in [-0.2, 0) is 6.18 Å². The lowest BCUT2D eigenvalue weighted by molar-refractivity contribution is -0.400. The minimum absolute atomic E-state index is 0.543. The molecule has 0 unspecified atom stereocenters. The molecule has 3 aromatic rings. The summed E-state index contributed by atoms with van der Waals surface area (Å²) >= 11 is 0. The number of hydrogen-bond acceptors (Lipinski definition) is 2. The van der Waals surface area contributed by atoms with Crippen molar-refractivity contribution in [2.75, 3.05) is 0 Å². The number of nitro groups is 1. The molecule has 3 rings (SSSR count). The maximum absolute atomic E-state index is 12.7. The van der Waals surface area contributed by atoms with Crippen LogP contribution in [0.25, 0.3) is 28.0 Å². The molecule has 6 heteroatoms. The molecule has 25 heavy (non-hydrogen) atoms. The van der Waals surface area contributed by atoms with Gasteiger partial charge in [0.1, 0.15) is 0 Å². The minimum atomic E-state index is -4.38. The predicted molar refractivity (Wildman–Crippen MR) is 90.4 cm³/mol. The minimum Gasteiger partial charge on any atom is -0.259 e. The van der Waals surface area contributed by atoms with Crippen LogP contribution in [0.5, 0.6) is 0 Å². The lowest BCUT2D eigenvalue weighted by atomic mass is 9.95. The number of halogens is 3. The van der Waals surface area contributed by atoms with Crippen molar-refractivity contribution in [1.29, 1.82) is 0 Å². The van der Waals surface area contributed by atoms with Crippen LogP contribution in [0.15, 0.2) is 66.9 Å². The van der Waals surface area contributed by atoms with Gasteiger partial charge in [-0.25, -0.2) is 0 Å². The first kappa shape index (κ1) is 16.7. The van der Waals surface area contributed by atoms with Gasteiger partial charge in [-0.15, -0.1) is 0 Å². The molecule has 0 spiro atoms. The van der Waals surface area contributed by atoms with E-state index in [4.69, 9.17) is 0 Å². The second kappa shape index (κ2) is 6.39. The first-order valence-corrected chi connectivity index (χ1v) is 7.37. The molecule has 0 atom stereocenters. The van der Waals surface area contributed by atoms with Gasteiger partial charge in [-0.3, -0.25) is 10.1 Å². The summed E-state index contributed by atoms with van der Waals surface area (Å²) in [4.78, 5) is 9.99. The Kier molecular flexibility index (Phi) is 4.27. The van der Waals surface area contributed by atoms with Gasteiger partial charge in [0.2, 0.25) is 6.20 Å². The first-order chi connectivity index (χ1) is 11.9. The molecule has 0 N–H and O–H groups in total. The molecule has 0 saturated heterocycles. The highest BCUT2D eigenvalue weighted by Gasteiger charge is 2.30. The number of alkyl halides is 3. The third-order valence-electron chi connectivity index (χ3n) is 3.85. The van der Waals surface area contributed by atoms with Crippen molar-refractivity contribution < 1.29 is 18.1 Å². The number of fused-ring (bicyclic) bond motifs is 1. The Morgan fingerprint density at radius 2 is 1.52 bits per heavy atom. The summed E-state index contributed by atoms with van der Waals surface area (Å²) in [5.74, 6) is 0. The summed E-state index contributed by atoms with van der Waals surface area (Å²) in [6.07, 6.45) is -2.11. The SMILES string of the molecule is O=[N+]([O-])C=Cc1cccc2c(-c3ccc(C(F)(F)F)cc3)cccc12. The molecule has 3 aromatic carbocycles. The topological polar surface area (TPSA) is 43.1 Å². The smallest absolute Gasteiger partial charge is 0.259 e. The number of rotatable bonds is 3. The van der Waals surface area contributed by atoms with E-state index in [1.807, 2.05) is 18.2 Å². The summed E-state index contributed by atoms with van der Waals surface area (Å²) in [5, 5.41) is 12.1. The van der Waals surface area contributed by atoms with E-state index >= 15 is 0 Å². The normalized spacial score (nSPS) is 12.0. The van der Waals surface area contributed by atoms with E-state index < -0.39 is 16.7 Å². The molecule has 0 saturated carbocycles. The first-order valence-electron chi connectivity index (χ1n) is 7.37. The third kappa shape index (κ3) is 3.52. The Balaban J connectivity index is 2.11. The van der Waals surface area contributed by atoms with Crippen molar-refractivity contribution in [2.24, 2.45) is 0 Å². The molecule has 0 fully saturated rings. The highest BCUT2D eigenvalue weighted by atomic mass is 19.4. The zero-order valence-electron chi connectivity index (χ0n) is 12.8. The van der Waals surface area contributed by atoms with Crippen molar-refractivity contribution in [1.82, 2.24) is 0 Å². The molecular formula is C19H12F3NO2.